The molecule has 41 heavy (non-hydrogen) atoms. The van der Waals surface area contributed by atoms with Crippen LogP contribution < -0.4 is 10.2 Å². The molecule has 3 saturated heterocycles. The SMILES string of the molecule is CC(C)(C)N1CC(C(=O)N2CCC(C(=O)Nc3ccccc3C(=O)N3CCN(c4ccccc4)CC3)CC2)CC1=O. The van der Waals surface area contributed by atoms with Gasteiger partial charge in [-0.05, 0) is 57.9 Å². The van der Waals surface area contributed by atoms with Gasteiger partial charge in [0.2, 0.25) is 17.7 Å². The number of nitrogens with one attached hydrogen (secondary N) is 1. The average Bonchev–Trinajstić information content (AvgIpc) is 3.39. The summed E-state index contributed by atoms with van der Waals surface area (Å²) >= 11 is 0. The summed E-state index contributed by atoms with van der Waals surface area (Å²) in [5.74, 6) is -0.734. The van der Waals surface area contributed by atoms with Crippen molar-refractivity contribution >= 4 is 35.0 Å². The zero-order valence-corrected chi connectivity index (χ0v) is 24.3. The van der Waals surface area contributed by atoms with Crippen molar-refractivity contribution in [1.29, 1.82) is 0 Å². The van der Waals surface area contributed by atoms with Crippen LogP contribution in [0.4, 0.5) is 11.4 Å². The number of hydrogen-bond donors (Lipinski definition) is 1. The number of anilines is 2. The summed E-state index contributed by atoms with van der Waals surface area (Å²) < 4.78 is 0. The monoisotopic (exact) mass is 559 g/mol. The van der Waals surface area contributed by atoms with Crippen LogP contribution in [0, 0.1) is 11.8 Å². The molecule has 1 atom stereocenters. The van der Waals surface area contributed by atoms with E-state index in [1.54, 1.807) is 21.9 Å². The Morgan fingerprint density at radius 3 is 2.05 bits per heavy atom. The van der Waals surface area contributed by atoms with Crippen LogP contribution in [0.2, 0.25) is 0 Å². The Morgan fingerprint density at radius 1 is 0.780 bits per heavy atom. The van der Waals surface area contributed by atoms with Gasteiger partial charge >= 0.3 is 0 Å². The van der Waals surface area contributed by atoms with Gasteiger partial charge in [0, 0.05) is 69.4 Å². The van der Waals surface area contributed by atoms with E-state index in [0.717, 1.165) is 18.8 Å². The molecule has 2 aromatic rings. The fraction of sp³-hybridized carbons (Fsp3) is 0.500. The smallest absolute Gasteiger partial charge is 0.256 e. The van der Waals surface area contributed by atoms with Crippen molar-refractivity contribution in [1.82, 2.24) is 14.7 Å². The van der Waals surface area contributed by atoms with Gasteiger partial charge in [-0.1, -0.05) is 30.3 Å². The van der Waals surface area contributed by atoms with E-state index in [1.807, 2.05) is 56.0 Å². The van der Waals surface area contributed by atoms with Gasteiger partial charge in [0.05, 0.1) is 17.2 Å². The first-order chi connectivity index (χ1) is 19.6. The summed E-state index contributed by atoms with van der Waals surface area (Å²) in [4.78, 5) is 60.0. The van der Waals surface area contributed by atoms with Crippen LogP contribution in [0.15, 0.2) is 54.6 Å². The van der Waals surface area contributed by atoms with E-state index >= 15 is 0 Å². The quantitative estimate of drug-likeness (QED) is 0.606. The maximum atomic E-state index is 13.5. The van der Waals surface area contributed by atoms with Crippen LogP contribution in [-0.4, -0.2) is 89.7 Å². The highest BCUT2D eigenvalue weighted by Crippen LogP contribution is 2.29. The molecule has 0 spiro atoms. The Hall–Kier alpha value is -3.88. The Balaban J connectivity index is 1.14. The predicted octanol–water partition coefficient (Wildman–Crippen LogP) is 3.47. The van der Waals surface area contributed by atoms with Gasteiger partial charge in [-0.25, -0.2) is 0 Å². The van der Waals surface area contributed by atoms with E-state index in [-0.39, 0.29) is 47.4 Å². The van der Waals surface area contributed by atoms with Crippen LogP contribution in [0.5, 0.6) is 0 Å². The fourth-order valence-electron chi connectivity index (χ4n) is 6.13. The lowest BCUT2D eigenvalue weighted by Crippen LogP contribution is -2.49. The van der Waals surface area contributed by atoms with Crippen molar-refractivity contribution in [3.8, 4) is 0 Å². The highest BCUT2D eigenvalue weighted by molar-refractivity contribution is 6.04. The molecule has 1 unspecified atom stereocenters. The second-order valence-electron chi connectivity index (χ2n) is 12.3. The summed E-state index contributed by atoms with van der Waals surface area (Å²) in [6.45, 7) is 10.1. The minimum Gasteiger partial charge on any atom is -0.368 e. The van der Waals surface area contributed by atoms with Gasteiger partial charge in [0.25, 0.3) is 5.91 Å². The number of rotatable bonds is 5. The van der Waals surface area contributed by atoms with E-state index in [2.05, 4.69) is 22.3 Å². The summed E-state index contributed by atoms with van der Waals surface area (Å²) in [6, 6.07) is 17.4. The molecule has 3 heterocycles. The van der Waals surface area contributed by atoms with Crippen LogP contribution in [0.1, 0.15) is 50.4 Å². The number of nitrogens with zero attached hydrogens (tertiary/aromatic N) is 4. The van der Waals surface area contributed by atoms with Crippen molar-refractivity contribution in [2.45, 2.75) is 45.6 Å². The third kappa shape index (κ3) is 6.39. The number of piperazine rings is 1. The highest BCUT2D eigenvalue weighted by atomic mass is 16.2. The second kappa shape index (κ2) is 11.9. The normalized spacial score (nSPS) is 20.4. The predicted molar refractivity (Wildman–Crippen MR) is 159 cm³/mol. The number of amides is 4. The van der Waals surface area contributed by atoms with Gasteiger partial charge < -0.3 is 24.9 Å². The molecule has 0 saturated carbocycles. The van der Waals surface area contributed by atoms with Crippen molar-refractivity contribution in [2.24, 2.45) is 11.8 Å². The minimum atomic E-state index is -0.320. The molecule has 218 valence electrons. The van der Waals surface area contributed by atoms with E-state index in [9.17, 15) is 19.2 Å². The topological polar surface area (TPSA) is 93.3 Å². The number of carbonyl (C=O) groups excluding carboxylic acids is 4. The Labute approximate surface area is 242 Å². The standard InChI is InChI=1S/C32H41N5O4/c1-32(2,3)37-22-24(21-28(37)38)30(40)35-15-13-23(14-16-35)29(39)33-27-12-8-7-11-26(27)31(41)36-19-17-34(18-20-36)25-9-5-4-6-10-25/h4-12,23-24H,13-22H2,1-3H3,(H,33,39). The Bertz CT molecular complexity index is 1270. The number of likely N-dealkylation sites (tertiary alicyclic amines) is 2. The van der Waals surface area contributed by atoms with Crippen LogP contribution in [0.3, 0.4) is 0 Å². The molecule has 0 bridgehead atoms. The third-order valence-corrected chi connectivity index (χ3v) is 8.57. The zero-order valence-electron chi connectivity index (χ0n) is 24.3. The van der Waals surface area contributed by atoms with Crippen molar-refractivity contribution in [3.05, 3.63) is 60.2 Å². The summed E-state index contributed by atoms with van der Waals surface area (Å²) in [7, 11) is 0. The lowest BCUT2D eigenvalue weighted by Gasteiger charge is -2.36. The lowest BCUT2D eigenvalue weighted by atomic mass is 9.94. The number of benzene rings is 2. The molecule has 4 amide bonds. The first-order valence-electron chi connectivity index (χ1n) is 14.7. The van der Waals surface area contributed by atoms with Gasteiger partial charge in [-0.15, -0.1) is 0 Å². The molecular weight excluding hydrogens is 518 g/mol. The Kier molecular flexibility index (Phi) is 8.33. The molecule has 2 aromatic carbocycles. The number of piperidine rings is 1. The van der Waals surface area contributed by atoms with Gasteiger partial charge in [-0.2, -0.15) is 0 Å². The molecule has 5 rings (SSSR count). The van der Waals surface area contributed by atoms with Gasteiger partial charge in [0.1, 0.15) is 0 Å². The van der Waals surface area contributed by atoms with E-state index in [1.165, 1.54) is 0 Å². The molecule has 3 fully saturated rings. The molecule has 9 nitrogen and oxygen atoms in total. The molecular formula is C32H41N5O4. The van der Waals surface area contributed by atoms with Gasteiger partial charge in [-0.3, -0.25) is 19.2 Å². The molecule has 0 aromatic heterocycles. The first-order valence-corrected chi connectivity index (χ1v) is 14.7. The molecule has 3 aliphatic rings. The van der Waals surface area contributed by atoms with Crippen LogP contribution in [0.25, 0.3) is 0 Å². The molecule has 3 aliphatic heterocycles. The molecule has 0 aliphatic carbocycles. The maximum Gasteiger partial charge on any atom is 0.256 e. The fourth-order valence-corrected chi connectivity index (χ4v) is 6.13. The van der Waals surface area contributed by atoms with E-state index < -0.39 is 0 Å². The van der Waals surface area contributed by atoms with Crippen LogP contribution in [-0.2, 0) is 14.4 Å². The van der Waals surface area contributed by atoms with Crippen molar-refractivity contribution in [3.63, 3.8) is 0 Å². The lowest BCUT2D eigenvalue weighted by molar-refractivity contribution is -0.138. The largest absolute Gasteiger partial charge is 0.368 e. The van der Waals surface area contributed by atoms with E-state index in [0.29, 0.717) is 56.8 Å². The average molecular weight is 560 g/mol. The molecule has 9 heteroatoms. The van der Waals surface area contributed by atoms with Crippen LogP contribution >= 0.6 is 0 Å². The third-order valence-electron chi connectivity index (χ3n) is 8.57. The summed E-state index contributed by atoms with van der Waals surface area (Å²) in [5, 5.41) is 3.01. The molecule has 1 N–H and O–H groups in total. The number of para-hydroxylation sites is 2. The van der Waals surface area contributed by atoms with E-state index in [4.69, 9.17) is 0 Å². The first kappa shape index (κ1) is 28.6. The number of carbonyl (C=O) groups is 4. The second-order valence-corrected chi connectivity index (χ2v) is 12.3. The van der Waals surface area contributed by atoms with Crippen molar-refractivity contribution < 1.29 is 19.2 Å². The molecule has 0 radical (unpaired) electrons. The van der Waals surface area contributed by atoms with Crippen molar-refractivity contribution in [2.75, 3.05) is 56.0 Å². The number of hydrogen-bond acceptors (Lipinski definition) is 5. The maximum absolute atomic E-state index is 13.5. The summed E-state index contributed by atoms with van der Waals surface area (Å²) in [6.07, 6.45) is 1.36. The highest BCUT2D eigenvalue weighted by Gasteiger charge is 2.41. The Morgan fingerprint density at radius 2 is 1.41 bits per heavy atom. The van der Waals surface area contributed by atoms with Gasteiger partial charge in [0.15, 0.2) is 0 Å². The minimum absolute atomic E-state index is 0.00672. The summed E-state index contributed by atoms with van der Waals surface area (Å²) in [5.41, 5.74) is 1.88. The zero-order chi connectivity index (χ0) is 29.1.